The van der Waals surface area contributed by atoms with E-state index < -0.39 is 15.9 Å². The van der Waals surface area contributed by atoms with Crippen LogP contribution in [0.4, 0.5) is 5.69 Å². The lowest BCUT2D eigenvalue weighted by Gasteiger charge is -2.25. The highest BCUT2D eigenvalue weighted by Gasteiger charge is 2.24. The number of carbonyl (C=O) groups is 1. The Bertz CT molecular complexity index is 634. The van der Waals surface area contributed by atoms with E-state index in [0.29, 0.717) is 22.9 Å². The van der Waals surface area contributed by atoms with Crippen molar-refractivity contribution in [3.05, 3.63) is 23.2 Å². The highest BCUT2D eigenvalue weighted by molar-refractivity contribution is 7.88. The first-order valence-corrected chi connectivity index (χ1v) is 9.01. The van der Waals surface area contributed by atoms with Crippen LogP contribution in [0, 0.1) is 0 Å². The van der Waals surface area contributed by atoms with Gasteiger partial charge < -0.3 is 10.1 Å². The summed E-state index contributed by atoms with van der Waals surface area (Å²) < 4.78 is 29.7. The van der Waals surface area contributed by atoms with Gasteiger partial charge in [0.25, 0.3) is 0 Å². The molecule has 1 amide bonds. The fourth-order valence-corrected chi connectivity index (χ4v) is 3.30. The number of nitrogens with zero attached hydrogens (tertiary/aromatic N) is 1. The van der Waals surface area contributed by atoms with Crippen molar-refractivity contribution in [2.24, 2.45) is 0 Å². The van der Waals surface area contributed by atoms with Crippen molar-refractivity contribution in [2.75, 3.05) is 25.2 Å². The molecule has 0 radical (unpaired) electrons. The number of ether oxygens (including phenoxy) is 1. The van der Waals surface area contributed by atoms with Gasteiger partial charge in [-0.1, -0.05) is 18.5 Å². The molecule has 0 saturated heterocycles. The van der Waals surface area contributed by atoms with Gasteiger partial charge in [-0.2, -0.15) is 4.31 Å². The van der Waals surface area contributed by atoms with Crippen LogP contribution in [0.25, 0.3) is 0 Å². The minimum absolute atomic E-state index is 0.239. The predicted molar refractivity (Wildman–Crippen MR) is 87.9 cm³/mol. The molecule has 0 aromatic heterocycles. The summed E-state index contributed by atoms with van der Waals surface area (Å²) in [6, 6.07) is 4.56. The zero-order valence-electron chi connectivity index (χ0n) is 13.1. The quantitative estimate of drug-likeness (QED) is 0.820. The predicted octanol–water partition coefficient (Wildman–Crippen LogP) is 2.35. The molecule has 0 aliphatic heterocycles. The minimum atomic E-state index is -3.46. The van der Waals surface area contributed by atoms with Gasteiger partial charge in [-0.15, -0.1) is 0 Å². The second-order valence-electron chi connectivity index (χ2n) is 4.96. The molecule has 1 aromatic rings. The molecular weight excluding hydrogens is 328 g/mol. The molecule has 0 fully saturated rings. The standard InChI is InChI=1S/C14H21ClN2O4S/c1-5-10(2)17(22(4,19)20)9-14(18)16-11-6-7-13(21-3)12(15)8-11/h6-8,10H,5,9H2,1-4H3,(H,16,18). The number of hydrogen-bond acceptors (Lipinski definition) is 4. The van der Waals surface area contributed by atoms with E-state index in [4.69, 9.17) is 16.3 Å². The van der Waals surface area contributed by atoms with Gasteiger partial charge in [0.15, 0.2) is 0 Å². The smallest absolute Gasteiger partial charge is 0.239 e. The summed E-state index contributed by atoms with van der Waals surface area (Å²) in [4.78, 5) is 12.1. The number of nitrogens with one attached hydrogen (secondary N) is 1. The van der Waals surface area contributed by atoms with E-state index in [1.54, 1.807) is 25.1 Å². The van der Waals surface area contributed by atoms with Gasteiger partial charge >= 0.3 is 0 Å². The van der Waals surface area contributed by atoms with E-state index in [1.165, 1.54) is 11.4 Å². The van der Waals surface area contributed by atoms with Crippen LogP contribution in [-0.4, -0.2) is 44.6 Å². The first-order chi connectivity index (χ1) is 10.2. The second kappa shape index (κ2) is 7.80. The van der Waals surface area contributed by atoms with Crippen molar-refractivity contribution < 1.29 is 17.9 Å². The van der Waals surface area contributed by atoms with Crippen molar-refractivity contribution in [1.29, 1.82) is 0 Å². The van der Waals surface area contributed by atoms with Crippen molar-refractivity contribution in [3.63, 3.8) is 0 Å². The van der Waals surface area contributed by atoms with Crippen LogP contribution in [0.5, 0.6) is 5.75 Å². The Labute approximate surface area is 136 Å². The van der Waals surface area contributed by atoms with Crippen LogP contribution in [0.3, 0.4) is 0 Å². The van der Waals surface area contributed by atoms with E-state index >= 15 is 0 Å². The maximum atomic E-state index is 12.1. The molecule has 22 heavy (non-hydrogen) atoms. The number of carbonyl (C=O) groups excluding carboxylic acids is 1. The fraction of sp³-hybridized carbons (Fsp3) is 0.500. The number of halogens is 1. The van der Waals surface area contributed by atoms with Crippen molar-refractivity contribution in [2.45, 2.75) is 26.3 Å². The van der Waals surface area contributed by atoms with Gasteiger partial charge in [-0.05, 0) is 31.5 Å². The molecule has 0 spiro atoms. The SMILES string of the molecule is CCC(C)N(CC(=O)Nc1ccc(OC)c(Cl)c1)S(C)(=O)=O. The summed E-state index contributed by atoms with van der Waals surface area (Å²) in [6.45, 7) is 3.39. The molecular formula is C14H21ClN2O4S. The first kappa shape index (κ1) is 18.7. The summed E-state index contributed by atoms with van der Waals surface area (Å²) >= 11 is 5.98. The molecule has 1 N–H and O–H groups in total. The lowest BCUT2D eigenvalue weighted by molar-refractivity contribution is -0.116. The summed E-state index contributed by atoms with van der Waals surface area (Å²) in [5, 5.41) is 2.99. The molecule has 1 unspecified atom stereocenters. The number of methoxy groups -OCH3 is 1. The number of hydrogen-bond donors (Lipinski definition) is 1. The van der Waals surface area contributed by atoms with Crippen LogP contribution in [0.2, 0.25) is 5.02 Å². The molecule has 0 aliphatic carbocycles. The molecule has 124 valence electrons. The number of sulfonamides is 1. The van der Waals surface area contributed by atoms with Gasteiger partial charge in [0.1, 0.15) is 5.75 Å². The van der Waals surface area contributed by atoms with Crippen LogP contribution in [-0.2, 0) is 14.8 Å². The normalized spacial score (nSPS) is 13.0. The number of rotatable bonds is 7. The maximum Gasteiger partial charge on any atom is 0.239 e. The molecule has 1 atom stereocenters. The molecule has 1 aromatic carbocycles. The highest BCUT2D eigenvalue weighted by Crippen LogP contribution is 2.27. The van der Waals surface area contributed by atoms with Gasteiger partial charge in [0, 0.05) is 11.7 Å². The van der Waals surface area contributed by atoms with Gasteiger partial charge in [0.05, 0.1) is 24.9 Å². The van der Waals surface area contributed by atoms with E-state index in [2.05, 4.69) is 5.32 Å². The monoisotopic (exact) mass is 348 g/mol. The Morgan fingerprint density at radius 3 is 2.55 bits per heavy atom. The number of amides is 1. The third-order valence-electron chi connectivity index (χ3n) is 3.24. The van der Waals surface area contributed by atoms with E-state index in [0.717, 1.165) is 6.26 Å². The summed E-state index contributed by atoms with van der Waals surface area (Å²) in [7, 11) is -1.96. The first-order valence-electron chi connectivity index (χ1n) is 6.79. The van der Waals surface area contributed by atoms with Crippen molar-refractivity contribution in [3.8, 4) is 5.75 Å². The Morgan fingerprint density at radius 2 is 2.09 bits per heavy atom. The fourth-order valence-electron chi connectivity index (χ4n) is 1.89. The van der Waals surface area contributed by atoms with Crippen LogP contribution >= 0.6 is 11.6 Å². The zero-order chi connectivity index (χ0) is 16.9. The van der Waals surface area contributed by atoms with Gasteiger partial charge in [-0.3, -0.25) is 4.79 Å². The Balaban J connectivity index is 2.82. The molecule has 0 saturated carbocycles. The molecule has 0 aliphatic rings. The minimum Gasteiger partial charge on any atom is -0.495 e. The lowest BCUT2D eigenvalue weighted by atomic mass is 10.2. The third kappa shape index (κ3) is 5.15. The molecule has 1 rings (SSSR count). The van der Waals surface area contributed by atoms with E-state index in [9.17, 15) is 13.2 Å². The highest BCUT2D eigenvalue weighted by atomic mass is 35.5. The average molecular weight is 349 g/mol. The summed E-state index contributed by atoms with van der Waals surface area (Å²) in [6.07, 6.45) is 1.71. The Morgan fingerprint density at radius 1 is 1.45 bits per heavy atom. The van der Waals surface area contributed by atoms with Crippen LogP contribution in [0.15, 0.2) is 18.2 Å². The molecule has 6 nitrogen and oxygen atoms in total. The molecule has 0 bridgehead atoms. The summed E-state index contributed by atoms with van der Waals surface area (Å²) in [5.74, 6) is 0.0731. The van der Waals surface area contributed by atoms with Gasteiger partial charge in [0.2, 0.25) is 15.9 Å². The Hall–Kier alpha value is -1.31. The summed E-state index contributed by atoms with van der Waals surface area (Å²) in [5.41, 5.74) is 0.480. The van der Waals surface area contributed by atoms with Crippen molar-refractivity contribution in [1.82, 2.24) is 4.31 Å². The van der Waals surface area contributed by atoms with Crippen molar-refractivity contribution >= 4 is 33.2 Å². The third-order valence-corrected chi connectivity index (χ3v) is 4.88. The van der Waals surface area contributed by atoms with Crippen LogP contribution < -0.4 is 10.1 Å². The van der Waals surface area contributed by atoms with E-state index in [-0.39, 0.29) is 12.6 Å². The zero-order valence-corrected chi connectivity index (χ0v) is 14.7. The number of anilines is 1. The largest absolute Gasteiger partial charge is 0.495 e. The average Bonchev–Trinajstić information content (AvgIpc) is 2.43. The van der Waals surface area contributed by atoms with E-state index in [1.807, 2.05) is 6.92 Å². The lowest BCUT2D eigenvalue weighted by Crippen LogP contribution is -2.42. The number of benzene rings is 1. The topological polar surface area (TPSA) is 75.7 Å². The van der Waals surface area contributed by atoms with Gasteiger partial charge in [-0.25, -0.2) is 8.42 Å². The maximum absolute atomic E-state index is 12.1. The molecule has 0 heterocycles. The molecule has 8 heteroatoms. The second-order valence-corrected chi connectivity index (χ2v) is 7.31. The van der Waals surface area contributed by atoms with Crippen LogP contribution in [0.1, 0.15) is 20.3 Å². The Kier molecular flexibility index (Phi) is 6.65.